The molecule has 0 fully saturated rings. The minimum Gasteiger partial charge on any atom is -0.268 e. The van der Waals surface area contributed by atoms with Crippen molar-refractivity contribution in [3.05, 3.63) is 75.4 Å². The van der Waals surface area contributed by atoms with Crippen molar-refractivity contribution in [3.63, 3.8) is 0 Å². The highest BCUT2D eigenvalue weighted by atomic mass is 35.5. The molecule has 1 N–H and O–H groups in total. The molecule has 0 unspecified atom stereocenters. The number of sulfonamides is 1. The predicted octanol–water partition coefficient (Wildman–Crippen LogP) is 4.23. The van der Waals surface area contributed by atoms with Gasteiger partial charge in [0.1, 0.15) is 5.82 Å². The molecule has 0 radical (unpaired) electrons. The van der Waals surface area contributed by atoms with Crippen LogP contribution in [0.15, 0.2) is 47.9 Å². The summed E-state index contributed by atoms with van der Waals surface area (Å²) in [5.41, 5.74) is -2.15. The first-order chi connectivity index (χ1) is 12.0. The predicted molar refractivity (Wildman–Crippen MR) is 88.3 cm³/mol. The fourth-order valence-corrected chi connectivity index (χ4v) is 2.81. The highest BCUT2D eigenvalue weighted by molar-refractivity contribution is 7.93. The number of hydrogen-bond donors (Lipinski definition) is 1. The maximum atomic E-state index is 13.0. The molecule has 0 saturated heterocycles. The van der Waals surface area contributed by atoms with Gasteiger partial charge in [0.2, 0.25) is 0 Å². The molecule has 0 saturated carbocycles. The summed E-state index contributed by atoms with van der Waals surface area (Å²) in [6.45, 7) is 0. The fourth-order valence-electron chi connectivity index (χ4n) is 1.91. The Morgan fingerprint density at radius 2 is 1.69 bits per heavy atom. The molecule has 2 aromatic carbocycles. The molecule has 0 aliphatic heterocycles. The standard InChI is InChI=1S/C16H10ClF4NO3S/c17-11-3-1-10(2-4-11)7-8-26(24,25)22-15(23)13-6-5-12(18)9-14(13)16(19,20)21/h1-9H,(H,22,23). The molecule has 0 bridgehead atoms. The molecule has 10 heteroatoms. The summed E-state index contributed by atoms with van der Waals surface area (Å²) in [7, 11) is -4.38. The average molecular weight is 408 g/mol. The second-order valence-electron chi connectivity index (χ2n) is 5.02. The number of amides is 1. The monoisotopic (exact) mass is 407 g/mol. The Hall–Kier alpha value is -2.39. The van der Waals surface area contributed by atoms with E-state index < -0.39 is 39.1 Å². The third-order valence-corrected chi connectivity index (χ3v) is 4.29. The Morgan fingerprint density at radius 3 is 2.27 bits per heavy atom. The van der Waals surface area contributed by atoms with Gasteiger partial charge in [-0.1, -0.05) is 23.7 Å². The molecular weight excluding hydrogens is 398 g/mol. The molecule has 0 aliphatic carbocycles. The molecule has 138 valence electrons. The minimum absolute atomic E-state index is 0.116. The number of nitrogens with one attached hydrogen (secondary N) is 1. The Morgan fingerprint density at radius 1 is 1.08 bits per heavy atom. The van der Waals surface area contributed by atoms with E-state index in [1.807, 2.05) is 0 Å². The summed E-state index contributed by atoms with van der Waals surface area (Å²) in [6, 6.07) is 7.30. The molecule has 4 nitrogen and oxygen atoms in total. The van der Waals surface area contributed by atoms with Crippen LogP contribution in [0.5, 0.6) is 0 Å². The van der Waals surface area contributed by atoms with Gasteiger partial charge in [0.15, 0.2) is 0 Å². The highest BCUT2D eigenvalue weighted by Gasteiger charge is 2.36. The lowest BCUT2D eigenvalue weighted by Gasteiger charge is -2.12. The zero-order valence-corrected chi connectivity index (χ0v) is 14.3. The van der Waals surface area contributed by atoms with Gasteiger partial charge in [0.05, 0.1) is 16.5 Å². The van der Waals surface area contributed by atoms with Gasteiger partial charge in [-0.3, -0.25) is 4.79 Å². The van der Waals surface area contributed by atoms with E-state index in [2.05, 4.69) is 0 Å². The number of alkyl halides is 3. The topological polar surface area (TPSA) is 63.2 Å². The van der Waals surface area contributed by atoms with Crippen molar-refractivity contribution < 1.29 is 30.8 Å². The molecule has 2 rings (SSSR count). The Bertz CT molecular complexity index is 954. The summed E-state index contributed by atoms with van der Waals surface area (Å²) < 4.78 is 77.0. The zero-order chi connectivity index (χ0) is 19.5. The number of rotatable bonds is 4. The van der Waals surface area contributed by atoms with Crippen LogP contribution in [0, 0.1) is 5.82 Å². The van der Waals surface area contributed by atoms with Crippen molar-refractivity contribution >= 4 is 33.6 Å². The third kappa shape index (κ3) is 5.30. The first-order valence-corrected chi connectivity index (χ1v) is 8.78. The van der Waals surface area contributed by atoms with Crippen LogP contribution in [0.2, 0.25) is 5.02 Å². The van der Waals surface area contributed by atoms with Gasteiger partial charge in [-0.15, -0.1) is 0 Å². The largest absolute Gasteiger partial charge is 0.417 e. The molecule has 0 aromatic heterocycles. The van der Waals surface area contributed by atoms with Crippen LogP contribution in [0.1, 0.15) is 21.5 Å². The molecule has 0 spiro atoms. The Balaban J connectivity index is 2.25. The third-order valence-electron chi connectivity index (χ3n) is 3.08. The van der Waals surface area contributed by atoms with E-state index in [0.29, 0.717) is 28.1 Å². The molecule has 0 atom stereocenters. The van der Waals surface area contributed by atoms with E-state index in [0.717, 1.165) is 6.08 Å². The number of carbonyl (C=O) groups is 1. The SMILES string of the molecule is O=C(NS(=O)(=O)C=Cc1ccc(Cl)cc1)c1ccc(F)cc1C(F)(F)F. The van der Waals surface area contributed by atoms with Gasteiger partial charge in [0.25, 0.3) is 15.9 Å². The second kappa shape index (κ2) is 7.46. The summed E-state index contributed by atoms with van der Waals surface area (Å²) in [6.07, 6.45) is -3.90. The molecule has 26 heavy (non-hydrogen) atoms. The molecule has 2 aromatic rings. The van der Waals surface area contributed by atoms with Crippen LogP contribution >= 0.6 is 11.6 Å². The number of benzene rings is 2. The van der Waals surface area contributed by atoms with Crippen LogP contribution in [-0.4, -0.2) is 14.3 Å². The smallest absolute Gasteiger partial charge is 0.268 e. The van der Waals surface area contributed by atoms with Gasteiger partial charge in [-0.05, 0) is 42.0 Å². The fraction of sp³-hybridized carbons (Fsp3) is 0.0625. The van der Waals surface area contributed by atoms with Crippen molar-refractivity contribution in [1.29, 1.82) is 0 Å². The van der Waals surface area contributed by atoms with Crippen LogP contribution in [0.4, 0.5) is 17.6 Å². The van der Waals surface area contributed by atoms with Gasteiger partial charge in [-0.2, -0.15) is 13.2 Å². The minimum atomic E-state index is -5.03. The highest BCUT2D eigenvalue weighted by Crippen LogP contribution is 2.32. The second-order valence-corrected chi connectivity index (χ2v) is 7.02. The van der Waals surface area contributed by atoms with Crippen LogP contribution < -0.4 is 4.72 Å². The van der Waals surface area contributed by atoms with E-state index in [1.165, 1.54) is 29.0 Å². The summed E-state index contributed by atoms with van der Waals surface area (Å²) in [5.74, 6) is -2.74. The lowest BCUT2D eigenvalue weighted by molar-refractivity contribution is -0.138. The van der Waals surface area contributed by atoms with E-state index in [9.17, 15) is 30.8 Å². The molecule has 1 amide bonds. The molecule has 0 heterocycles. The summed E-state index contributed by atoms with van der Waals surface area (Å²) >= 11 is 5.68. The van der Waals surface area contributed by atoms with Gasteiger partial charge < -0.3 is 0 Å². The van der Waals surface area contributed by atoms with Crippen molar-refractivity contribution in [2.24, 2.45) is 0 Å². The summed E-state index contributed by atoms with van der Waals surface area (Å²) in [5, 5.41) is 1.04. The van der Waals surface area contributed by atoms with Gasteiger partial charge in [0, 0.05) is 5.02 Å². The number of halogens is 5. The first-order valence-electron chi connectivity index (χ1n) is 6.85. The summed E-state index contributed by atoms with van der Waals surface area (Å²) in [4.78, 5) is 11.9. The number of hydrogen-bond acceptors (Lipinski definition) is 3. The average Bonchev–Trinajstić information content (AvgIpc) is 2.53. The Labute approximate surface area is 151 Å². The maximum Gasteiger partial charge on any atom is 0.417 e. The molecular formula is C16H10ClF4NO3S. The lowest BCUT2D eigenvalue weighted by Crippen LogP contribution is -2.30. The van der Waals surface area contributed by atoms with E-state index in [4.69, 9.17) is 11.6 Å². The van der Waals surface area contributed by atoms with Gasteiger partial charge >= 0.3 is 6.18 Å². The lowest BCUT2D eigenvalue weighted by atomic mass is 10.1. The normalized spacial score (nSPS) is 12.3. The number of carbonyl (C=O) groups excluding carboxylic acids is 1. The quantitative estimate of drug-likeness (QED) is 0.771. The first kappa shape index (κ1) is 19.9. The van der Waals surface area contributed by atoms with Crippen LogP contribution in [0.25, 0.3) is 6.08 Å². The van der Waals surface area contributed by atoms with Gasteiger partial charge in [-0.25, -0.2) is 17.5 Å². The van der Waals surface area contributed by atoms with E-state index in [-0.39, 0.29) is 6.07 Å². The van der Waals surface area contributed by atoms with Crippen molar-refractivity contribution in [3.8, 4) is 0 Å². The van der Waals surface area contributed by atoms with Crippen molar-refractivity contribution in [2.75, 3.05) is 0 Å². The van der Waals surface area contributed by atoms with E-state index in [1.54, 1.807) is 0 Å². The van der Waals surface area contributed by atoms with Crippen molar-refractivity contribution in [2.45, 2.75) is 6.18 Å². The van der Waals surface area contributed by atoms with E-state index >= 15 is 0 Å². The Kier molecular flexibility index (Phi) is 5.72. The molecule has 0 aliphatic rings. The van der Waals surface area contributed by atoms with Crippen LogP contribution in [0.3, 0.4) is 0 Å². The zero-order valence-electron chi connectivity index (χ0n) is 12.7. The van der Waals surface area contributed by atoms with Crippen molar-refractivity contribution in [1.82, 2.24) is 4.72 Å². The maximum absolute atomic E-state index is 13.0. The van der Waals surface area contributed by atoms with Crippen LogP contribution in [-0.2, 0) is 16.2 Å².